The number of carbonyl (C=O) groups excluding carboxylic acids is 1. The number of nitrogens with zero attached hydrogens (tertiary/aromatic N) is 2. The largest absolute Gasteiger partial charge is 0.339 e. The van der Waals surface area contributed by atoms with E-state index in [1.54, 1.807) is 0 Å². The molecule has 0 atom stereocenters. The van der Waals surface area contributed by atoms with Crippen LogP contribution in [0.15, 0.2) is 11.1 Å². The van der Waals surface area contributed by atoms with Gasteiger partial charge in [-0.3, -0.25) is 4.79 Å². The van der Waals surface area contributed by atoms with Crippen molar-refractivity contribution in [3.05, 3.63) is 11.1 Å². The van der Waals surface area contributed by atoms with Crippen molar-refractivity contribution in [2.75, 3.05) is 46.8 Å². The third-order valence-corrected chi connectivity index (χ3v) is 4.05. The Labute approximate surface area is 110 Å². The summed E-state index contributed by atoms with van der Waals surface area (Å²) in [6, 6.07) is 0. The Morgan fingerprint density at radius 1 is 1.33 bits per heavy atom. The van der Waals surface area contributed by atoms with Crippen molar-refractivity contribution in [3.63, 3.8) is 0 Å². The number of likely N-dealkylation sites (tertiary alicyclic amines) is 1. The second-order valence-corrected chi connectivity index (χ2v) is 5.83. The molecule has 0 aromatic heterocycles. The monoisotopic (exact) mass is 251 g/mol. The molecule has 0 saturated carbocycles. The molecule has 0 aromatic carbocycles. The molecular weight excluding hydrogens is 226 g/mol. The molecule has 1 amide bonds. The number of amides is 1. The van der Waals surface area contributed by atoms with Crippen LogP contribution in [0.3, 0.4) is 0 Å². The average Bonchev–Trinajstić information content (AvgIpc) is 2.26. The van der Waals surface area contributed by atoms with E-state index in [0.717, 1.165) is 57.1 Å². The fourth-order valence-corrected chi connectivity index (χ4v) is 2.74. The van der Waals surface area contributed by atoms with Gasteiger partial charge in [-0.1, -0.05) is 0 Å². The highest BCUT2D eigenvalue weighted by molar-refractivity contribution is 5.94. The Kier molecular flexibility index (Phi) is 4.40. The van der Waals surface area contributed by atoms with Crippen LogP contribution in [0.4, 0.5) is 0 Å². The predicted molar refractivity (Wildman–Crippen MR) is 73.4 cm³/mol. The Bertz CT molecular complexity index is 335. The summed E-state index contributed by atoms with van der Waals surface area (Å²) in [4.78, 5) is 16.6. The van der Waals surface area contributed by atoms with Crippen LogP contribution < -0.4 is 5.32 Å². The Hall–Kier alpha value is -0.870. The first-order valence-electron chi connectivity index (χ1n) is 6.91. The maximum atomic E-state index is 12.3. The summed E-state index contributed by atoms with van der Waals surface area (Å²) in [6.07, 6.45) is 2.29. The standard InChI is InChI=1S/C14H25N3O/c1-11(13-8-15-9-13)14(18)17-6-4-12(5-7-17)10-16(2)3/h12,15H,4-10H2,1-3H3. The van der Waals surface area contributed by atoms with E-state index in [9.17, 15) is 4.79 Å². The second-order valence-electron chi connectivity index (χ2n) is 5.83. The molecule has 0 unspecified atom stereocenters. The molecule has 2 rings (SSSR count). The first kappa shape index (κ1) is 13.6. The van der Waals surface area contributed by atoms with E-state index in [1.165, 1.54) is 5.57 Å². The smallest absolute Gasteiger partial charge is 0.249 e. The molecule has 2 saturated heterocycles. The van der Waals surface area contributed by atoms with Crippen molar-refractivity contribution in [2.24, 2.45) is 5.92 Å². The van der Waals surface area contributed by atoms with Gasteiger partial charge in [0.15, 0.2) is 0 Å². The minimum absolute atomic E-state index is 0.259. The molecule has 2 fully saturated rings. The van der Waals surface area contributed by atoms with Gasteiger partial charge in [0.25, 0.3) is 0 Å². The molecule has 18 heavy (non-hydrogen) atoms. The topological polar surface area (TPSA) is 35.6 Å². The van der Waals surface area contributed by atoms with Gasteiger partial charge in [0.05, 0.1) is 0 Å². The highest BCUT2D eigenvalue weighted by Crippen LogP contribution is 2.20. The first-order valence-corrected chi connectivity index (χ1v) is 6.91. The van der Waals surface area contributed by atoms with Crippen LogP contribution in [-0.4, -0.2) is 62.5 Å². The fourth-order valence-electron chi connectivity index (χ4n) is 2.74. The van der Waals surface area contributed by atoms with Gasteiger partial charge in [0, 0.05) is 38.3 Å². The van der Waals surface area contributed by atoms with Crippen molar-refractivity contribution in [1.29, 1.82) is 0 Å². The van der Waals surface area contributed by atoms with Crippen LogP contribution in [0.2, 0.25) is 0 Å². The van der Waals surface area contributed by atoms with Gasteiger partial charge in [-0.25, -0.2) is 0 Å². The lowest BCUT2D eigenvalue weighted by Gasteiger charge is -2.34. The maximum Gasteiger partial charge on any atom is 0.249 e. The number of carbonyl (C=O) groups is 1. The van der Waals surface area contributed by atoms with E-state index < -0.39 is 0 Å². The summed E-state index contributed by atoms with van der Waals surface area (Å²) in [7, 11) is 4.24. The van der Waals surface area contributed by atoms with Crippen molar-refractivity contribution < 1.29 is 4.79 Å². The van der Waals surface area contributed by atoms with Gasteiger partial charge >= 0.3 is 0 Å². The first-order chi connectivity index (χ1) is 8.58. The van der Waals surface area contributed by atoms with Gasteiger partial charge in [0.2, 0.25) is 5.91 Å². The Balaban J connectivity index is 1.84. The summed E-state index contributed by atoms with van der Waals surface area (Å²) in [5.41, 5.74) is 2.26. The van der Waals surface area contributed by atoms with Crippen LogP contribution in [-0.2, 0) is 4.79 Å². The van der Waals surface area contributed by atoms with E-state index >= 15 is 0 Å². The Morgan fingerprint density at radius 3 is 2.39 bits per heavy atom. The van der Waals surface area contributed by atoms with Gasteiger partial charge in [-0.05, 0) is 45.4 Å². The zero-order valence-corrected chi connectivity index (χ0v) is 11.8. The molecule has 0 spiro atoms. The lowest BCUT2D eigenvalue weighted by atomic mass is 9.95. The molecule has 0 aromatic rings. The van der Waals surface area contributed by atoms with Crippen molar-refractivity contribution >= 4 is 5.91 Å². The third kappa shape index (κ3) is 3.12. The van der Waals surface area contributed by atoms with E-state index in [2.05, 4.69) is 24.3 Å². The van der Waals surface area contributed by atoms with Gasteiger partial charge < -0.3 is 15.1 Å². The van der Waals surface area contributed by atoms with Gasteiger partial charge in [0.1, 0.15) is 0 Å². The van der Waals surface area contributed by atoms with Crippen LogP contribution in [0, 0.1) is 5.92 Å². The zero-order chi connectivity index (χ0) is 13.1. The quantitative estimate of drug-likeness (QED) is 0.750. The fraction of sp³-hybridized carbons (Fsp3) is 0.786. The molecule has 0 aliphatic carbocycles. The summed E-state index contributed by atoms with van der Waals surface area (Å²) in [5, 5.41) is 3.19. The lowest BCUT2D eigenvalue weighted by Crippen LogP contribution is -2.43. The molecular formula is C14H25N3O. The van der Waals surface area contributed by atoms with E-state index in [-0.39, 0.29) is 5.91 Å². The van der Waals surface area contributed by atoms with Crippen molar-refractivity contribution in [1.82, 2.24) is 15.1 Å². The normalized spacial score (nSPS) is 21.1. The number of hydrogen-bond acceptors (Lipinski definition) is 3. The van der Waals surface area contributed by atoms with Crippen molar-refractivity contribution in [3.8, 4) is 0 Å². The Morgan fingerprint density at radius 2 is 1.94 bits per heavy atom. The molecule has 2 heterocycles. The summed E-state index contributed by atoms with van der Waals surface area (Å²) >= 11 is 0. The van der Waals surface area contributed by atoms with Crippen LogP contribution >= 0.6 is 0 Å². The van der Waals surface area contributed by atoms with Gasteiger partial charge in [-0.15, -0.1) is 0 Å². The molecule has 4 heteroatoms. The number of nitrogens with one attached hydrogen (secondary N) is 1. The third-order valence-electron chi connectivity index (χ3n) is 4.05. The SMILES string of the molecule is CC(C(=O)N1CCC(CN(C)C)CC1)=C1CNC1. The number of rotatable bonds is 3. The molecule has 0 bridgehead atoms. The summed E-state index contributed by atoms with van der Waals surface area (Å²) in [6.45, 7) is 6.77. The summed E-state index contributed by atoms with van der Waals surface area (Å²) < 4.78 is 0. The van der Waals surface area contributed by atoms with Gasteiger partial charge in [-0.2, -0.15) is 0 Å². The minimum atomic E-state index is 0.259. The minimum Gasteiger partial charge on any atom is -0.339 e. The second kappa shape index (κ2) is 5.85. The number of hydrogen-bond donors (Lipinski definition) is 1. The molecule has 2 aliphatic heterocycles. The number of piperidine rings is 1. The predicted octanol–water partition coefficient (Wildman–Crippen LogP) is 0.706. The van der Waals surface area contributed by atoms with Crippen molar-refractivity contribution in [2.45, 2.75) is 19.8 Å². The average molecular weight is 251 g/mol. The van der Waals surface area contributed by atoms with E-state index in [1.807, 2.05) is 11.8 Å². The molecule has 1 N–H and O–H groups in total. The molecule has 102 valence electrons. The highest BCUT2D eigenvalue weighted by Gasteiger charge is 2.25. The lowest BCUT2D eigenvalue weighted by molar-refractivity contribution is -0.128. The van der Waals surface area contributed by atoms with Crippen LogP contribution in [0.5, 0.6) is 0 Å². The van der Waals surface area contributed by atoms with Crippen LogP contribution in [0.25, 0.3) is 0 Å². The highest BCUT2D eigenvalue weighted by atomic mass is 16.2. The van der Waals surface area contributed by atoms with E-state index in [0.29, 0.717) is 0 Å². The molecule has 4 nitrogen and oxygen atoms in total. The molecule has 0 radical (unpaired) electrons. The maximum absolute atomic E-state index is 12.3. The molecule has 2 aliphatic rings. The van der Waals surface area contributed by atoms with Crippen LogP contribution in [0.1, 0.15) is 19.8 Å². The van der Waals surface area contributed by atoms with E-state index in [4.69, 9.17) is 0 Å². The zero-order valence-electron chi connectivity index (χ0n) is 11.8. The summed E-state index contributed by atoms with van der Waals surface area (Å²) in [5.74, 6) is 1.01.